The van der Waals surface area contributed by atoms with Crippen molar-refractivity contribution in [3.63, 3.8) is 0 Å². The first-order valence-corrected chi connectivity index (χ1v) is 8.25. The van der Waals surface area contributed by atoms with Gasteiger partial charge in [-0.15, -0.1) is 11.3 Å². The Kier molecular flexibility index (Phi) is 4.26. The SMILES string of the molecule is COCc1ccsc1C(=O)N1CCCC1C(=O)NC1CC1. The fourth-order valence-corrected chi connectivity index (χ4v) is 3.60. The Morgan fingerprint density at radius 1 is 1.43 bits per heavy atom. The number of nitrogens with zero attached hydrogens (tertiary/aromatic N) is 1. The Morgan fingerprint density at radius 3 is 2.95 bits per heavy atom. The molecule has 0 bridgehead atoms. The summed E-state index contributed by atoms with van der Waals surface area (Å²) in [6.07, 6.45) is 3.78. The number of rotatable bonds is 5. The van der Waals surface area contributed by atoms with E-state index in [-0.39, 0.29) is 17.9 Å². The van der Waals surface area contributed by atoms with Gasteiger partial charge >= 0.3 is 0 Å². The smallest absolute Gasteiger partial charge is 0.264 e. The van der Waals surface area contributed by atoms with Crippen LogP contribution in [-0.2, 0) is 16.1 Å². The molecular formula is C15H20N2O3S. The number of hydrogen-bond donors (Lipinski definition) is 1. The van der Waals surface area contributed by atoms with Crippen LogP contribution in [-0.4, -0.2) is 42.5 Å². The lowest BCUT2D eigenvalue weighted by Gasteiger charge is -2.24. The molecule has 1 unspecified atom stereocenters. The van der Waals surface area contributed by atoms with Crippen LogP contribution in [0.4, 0.5) is 0 Å². The fourth-order valence-electron chi connectivity index (χ4n) is 2.73. The number of methoxy groups -OCH3 is 1. The quantitative estimate of drug-likeness (QED) is 0.902. The van der Waals surface area contributed by atoms with Crippen LogP contribution in [0.15, 0.2) is 11.4 Å². The number of amides is 2. The van der Waals surface area contributed by atoms with Gasteiger partial charge in [0.05, 0.1) is 11.5 Å². The van der Waals surface area contributed by atoms with Crippen LogP contribution >= 0.6 is 11.3 Å². The van der Waals surface area contributed by atoms with Gasteiger partial charge in [-0.05, 0) is 37.1 Å². The zero-order chi connectivity index (χ0) is 14.8. The highest BCUT2D eigenvalue weighted by Gasteiger charge is 2.37. The number of likely N-dealkylation sites (tertiary alicyclic amines) is 1. The molecule has 0 aromatic carbocycles. The van der Waals surface area contributed by atoms with Crippen molar-refractivity contribution >= 4 is 23.2 Å². The first kappa shape index (κ1) is 14.5. The van der Waals surface area contributed by atoms with Gasteiger partial charge in [0.2, 0.25) is 5.91 Å². The van der Waals surface area contributed by atoms with E-state index < -0.39 is 0 Å². The van der Waals surface area contributed by atoms with E-state index in [1.165, 1.54) is 11.3 Å². The maximum absolute atomic E-state index is 12.7. The van der Waals surface area contributed by atoms with Crippen LogP contribution in [0.1, 0.15) is 40.9 Å². The minimum absolute atomic E-state index is 0.00759. The average molecular weight is 308 g/mol. The third-order valence-corrected chi connectivity index (χ3v) is 4.93. The monoisotopic (exact) mass is 308 g/mol. The molecule has 2 heterocycles. The molecule has 1 aliphatic heterocycles. The lowest BCUT2D eigenvalue weighted by atomic mass is 10.2. The van der Waals surface area contributed by atoms with Crippen LogP contribution in [0.3, 0.4) is 0 Å². The number of nitrogens with one attached hydrogen (secondary N) is 1. The van der Waals surface area contributed by atoms with Crippen molar-refractivity contribution < 1.29 is 14.3 Å². The van der Waals surface area contributed by atoms with E-state index in [2.05, 4.69) is 5.32 Å². The van der Waals surface area contributed by atoms with Crippen molar-refractivity contribution in [1.82, 2.24) is 10.2 Å². The van der Waals surface area contributed by atoms with E-state index in [0.717, 1.165) is 31.2 Å². The van der Waals surface area contributed by atoms with Gasteiger partial charge < -0.3 is 15.0 Å². The molecule has 1 saturated heterocycles. The van der Waals surface area contributed by atoms with Crippen LogP contribution in [0.25, 0.3) is 0 Å². The minimum Gasteiger partial charge on any atom is -0.380 e. The van der Waals surface area contributed by atoms with Gasteiger partial charge in [-0.1, -0.05) is 0 Å². The molecule has 5 nitrogen and oxygen atoms in total. The van der Waals surface area contributed by atoms with E-state index in [0.29, 0.717) is 24.1 Å². The molecule has 1 N–H and O–H groups in total. The van der Waals surface area contributed by atoms with Gasteiger partial charge in [0, 0.05) is 25.3 Å². The topological polar surface area (TPSA) is 58.6 Å². The van der Waals surface area contributed by atoms with Crippen LogP contribution in [0, 0.1) is 0 Å². The van der Waals surface area contributed by atoms with Crippen molar-refractivity contribution in [2.45, 2.75) is 44.4 Å². The number of carbonyl (C=O) groups is 2. The summed E-state index contributed by atoms with van der Waals surface area (Å²) in [5.41, 5.74) is 0.903. The minimum atomic E-state index is -0.310. The fraction of sp³-hybridized carbons (Fsp3) is 0.600. The summed E-state index contributed by atoms with van der Waals surface area (Å²) < 4.78 is 5.13. The Morgan fingerprint density at radius 2 is 2.24 bits per heavy atom. The van der Waals surface area contributed by atoms with E-state index in [9.17, 15) is 9.59 Å². The second-order valence-corrected chi connectivity index (χ2v) is 6.56. The third-order valence-electron chi connectivity index (χ3n) is 3.98. The number of thiophene rings is 1. The molecular weight excluding hydrogens is 288 g/mol. The molecule has 1 saturated carbocycles. The Balaban J connectivity index is 1.72. The van der Waals surface area contributed by atoms with Crippen molar-refractivity contribution in [2.75, 3.05) is 13.7 Å². The normalized spacial score (nSPS) is 21.6. The molecule has 2 aliphatic rings. The number of ether oxygens (including phenoxy) is 1. The molecule has 2 fully saturated rings. The summed E-state index contributed by atoms with van der Waals surface area (Å²) in [4.78, 5) is 27.4. The molecule has 0 spiro atoms. The second kappa shape index (κ2) is 6.15. The molecule has 1 aromatic rings. The predicted octanol–water partition coefficient (Wildman–Crippen LogP) is 1.78. The summed E-state index contributed by atoms with van der Waals surface area (Å²) in [5, 5.41) is 4.91. The standard InChI is InChI=1S/C15H20N2O3S/c1-20-9-10-6-8-21-13(10)15(19)17-7-2-3-12(17)14(18)16-11-4-5-11/h6,8,11-12H,2-5,7,9H2,1H3,(H,16,18). The lowest BCUT2D eigenvalue weighted by Crippen LogP contribution is -2.46. The largest absolute Gasteiger partial charge is 0.380 e. The first-order valence-electron chi connectivity index (χ1n) is 7.37. The van der Waals surface area contributed by atoms with Gasteiger partial charge in [-0.2, -0.15) is 0 Å². The number of hydrogen-bond acceptors (Lipinski definition) is 4. The summed E-state index contributed by atoms with van der Waals surface area (Å²) in [5.74, 6) is -0.0290. The van der Waals surface area contributed by atoms with Crippen molar-refractivity contribution in [3.8, 4) is 0 Å². The highest BCUT2D eigenvalue weighted by Crippen LogP contribution is 2.26. The maximum atomic E-state index is 12.7. The number of carbonyl (C=O) groups excluding carboxylic acids is 2. The Labute approximate surface area is 128 Å². The lowest BCUT2D eigenvalue weighted by molar-refractivity contribution is -0.125. The Hall–Kier alpha value is -1.40. The zero-order valence-corrected chi connectivity index (χ0v) is 12.9. The summed E-state index contributed by atoms with van der Waals surface area (Å²) in [6, 6.07) is 1.94. The van der Waals surface area contributed by atoms with Gasteiger partial charge in [0.15, 0.2) is 0 Å². The summed E-state index contributed by atoms with van der Waals surface area (Å²) in [6.45, 7) is 1.09. The molecule has 114 valence electrons. The van der Waals surface area contributed by atoms with E-state index in [1.54, 1.807) is 12.0 Å². The second-order valence-electron chi connectivity index (χ2n) is 5.65. The van der Waals surface area contributed by atoms with E-state index in [4.69, 9.17) is 4.74 Å². The predicted molar refractivity (Wildman–Crippen MR) is 80.3 cm³/mol. The highest BCUT2D eigenvalue weighted by molar-refractivity contribution is 7.12. The molecule has 1 atom stereocenters. The van der Waals surface area contributed by atoms with Gasteiger partial charge in [-0.3, -0.25) is 9.59 Å². The average Bonchev–Trinajstić information content (AvgIpc) is 2.98. The molecule has 6 heteroatoms. The third kappa shape index (κ3) is 3.11. The van der Waals surface area contributed by atoms with E-state index in [1.807, 2.05) is 11.4 Å². The van der Waals surface area contributed by atoms with Gasteiger partial charge in [0.1, 0.15) is 6.04 Å². The molecule has 1 aromatic heterocycles. The summed E-state index contributed by atoms with van der Waals surface area (Å²) >= 11 is 1.42. The van der Waals surface area contributed by atoms with E-state index >= 15 is 0 Å². The first-order chi connectivity index (χ1) is 10.2. The van der Waals surface area contributed by atoms with Crippen LogP contribution in [0.5, 0.6) is 0 Å². The molecule has 2 amide bonds. The Bertz CT molecular complexity index is 539. The molecule has 21 heavy (non-hydrogen) atoms. The van der Waals surface area contributed by atoms with Crippen molar-refractivity contribution in [2.24, 2.45) is 0 Å². The van der Waals surface area contributed by atoms with Crippen LogP contribution < -0.4 is 5.32 Å². The van der Waals surface area contributed by atoms with Crippen molar-refractivity contribution in [3.05, 3.63) is 21.9 Å². The highest BCUT2D eigenvalue weighted by atomic mass is 32.1. The maximum Gasteiger partial charge on any atom is 0.264 e. The summed E-state index contributed by atoms with van der Waals surface area (Å²) in [7, 11) is 1.62. The van der Waals surface area contributed by atoms with Gasteiger partial charge in [0.25, 0.3) is 5.91 Å². The van der Waals surface area contributed by atoms with Gasteiger partial charge in [-0.25, -0.2) is 0 Å². The van der Waals surface area contributed by atoms with Crippen molar-refractivity contribution in [1.29, 1.82) is 0 Å². The molecule has 0 radical (unpaired) electrons. The zero-order valence-electron chi connectivity index (χ0n) is 12.1. The molecule has 1 aliphatic carbocycles. The molecule has 3 rings (SSSR count). The van der Waals surface area contributed by atoms with Crippen LogP contribution in [0.2, 0.25) is 0 Å².